The lowest BCUT2D eigenvalue weighted by molar-refractivity contribution is -0.0514. The van der Waals surface area contributed by atoms with Gasteiger partial charge in [0.15, 0.2) is 5.65 Å². The van der Waals surface area contributed by atoms with Crippen LogP contribution in [0.2, 0.25) is 0 Å². The first-order chi connectivity index (χ1) is 14.0. The maximum absolute atomic E-state index is 4.83. The van der Waals surface area contributed by atoms with E-state index in [9.17, 15) is 0 Å². The number of anilines is 1. The number of aromatic nitrogens is 6. The summed E-state index contributed by atoms with van der Waals surface area (Å²) in [6.07, 6.45) is 6.28. The van der Waals surface area contributed by atoms with E-state index < -0.39 is 0 Å². The van der Waals surface area contributed by atoms with Gasteiger partial charge in [-0.05, 0) is 50.4 Å². The van der Waals surface area contributed by atoms with Gasteiger partial charge in [0.25, 0.3) is 0 Å². The molecule has 0 aromatic carbocycles. The first-order valence-electron chi connectivity index (χ1n) is 10.1. The molecular weight excluding hydrogens is 364 g/mol. The smallest absolute Gasteiger partial charge is 0.241 e. The van der Waals surface area contributed by atoms with Crippen LogP contribution in [0.15, 0.2) is 30.6 Å². The van der Waals surface area contributed by atoms with E-state index in [2.05, 4.69) is 32.3 Å². The first-order valence-corrected chi connectivity index (χ1v) is 10.1. The Morgan fingerprint density at radius 1 is 1.10 bits per heavy atom. The van der Waals surface area contributed by atoms with E-state index in [1.807, 2.05) is 53.6 Å². The molecule has 1 spiro atoms. The van der Waals surface area contributed by atoms with Crippen molar-refractivity contribution in [3.8, 4) is 11.3 Å². The maximum atomic E-state index is 4.83. The first kappa shape index (κ1) is 16.9. The van der Waals surface area contributed by atoms with Gasteiger partial charge in [0.1, 0.15) is 11.3 Å². The highest BCUT2D eigenvalue weighted by Gasteiger charge is 2.51. The molecule has 29 heavy (non-hydrogen) atoms. The zero-order valence-corrected chi connectivity index (χ0v) is 16.9. The quantitative estimate of drug-likeness (QED) is 0.581. The van der Waals surface area contributed by atoms with Crippen LogP contribution in [0.1, 0.15) is 18.7 Å². The molecule has 1 N–H and O–H groups in total. The molecule has 148 valence electrons. The van der Waals surface area contributed by atoms with Crippen LogP contribution >= 0.6 is 0 Å². The Balaban J connectivity index is 1.27. The number of hydrogen-bond acceptors (Lipinski definition) is 6. The Labute approximate surface area is 168 Å². The van der Waals surface area contributed by atoms with E-state index in [1.54, 1.807) is 0 Å². The molecule has 5 heterocycles. The number of imidazole rings is 1. The van der Waals surface area contributed by atoms with E-state index in [0.717, 1.165) is 33.8 Å². The summed E-state index contributed by atoms with van der Waals surface area (Å²) in [5, 5.41) is 8.18. The summed E-state index contributed by atoms with van der Waals surface area (Å²) in [5.74, 6) is 1.65. The molecule has 8 heteroatoms. The summed E-state index contributed by atoms with van der Waals surface area (Å²) in [7, 11) is 4.18. The van der Waals surface area contributed by atoms with Crippen LogP contribution in [0.5, 0.6) is 0 Å². The number of pyridine rings is 1. The lowest BCUT2D eigenvalue weighted by Crippen LogP contribution is -2.63. The Bertz CT molecular complexity index is 1240. The van der Waals surface area contributed by atoms with Gasteiger partial charge in [0.2, 0.25) is 5.95 Å². The maximum Gasteiger partial charge on any atom is 0.241 e. The Hall–Kier alpha value is -3.00. The second kappa shape index (κ2) is 5.76. The van der Waals surface area contributed by atoms with E-state index in [4.69, 9.17) is 4.98 Å². The molecule has 4 aromatic heterocycles. The fourth-order valence-electron chi connectivity index (χ4n) is 5.14. The average molecular weight is 388 g/mol. The number of likely N-dealkylation sites (tertiary alicyclic amines) is 1. The molecule has 6 rings (SSSR count). The molecular formula is C21H24N8. The van der Waals surface area contributed by atoms with Crippen LogP contribution in [-0.4, -0.2) is 60.2 Å². The van der Waals surface area contributed by atoms with Crippen molar-refractivity contribution in [1.29, 1.82) is 0 Å². The molecule has 1 saturated carbocycles. The number of nitrogens with zero attached hydrogens (tertiary/aromatic N) is 7. The average Bonchev–Trinajstić information content (AvgIpc) is 3.19. The third-order valence-electron chi connectivity index (χ3n) is 6.54. The van der Waals surface area contributed by atoms with E-state index >= 15 is 0 Å². The van der Waals surface area contributed by atoms with Gasteiger partial charge in [0.05, 0.1) is 17.4 Å². The Morgan fingerprint density at radius 3 is 2.72 bits per heavy atom. The van der Waals surface area contributed by atoms with Crippen LogP contribution in [0, 0.1) is 12.3 Å². The summed E-state index contributed by atoms with van der Waals surface area (Å²) >= 11 is 0. The molecule has 0 atom stereocenters. The standard InChI is InChI=1S/C21H24N8/c1-13-23-17-5-4-16(25-19(17)28(13)3)15-6-7-29-18(15)10-22-20(26-29)24-14-8-21(9-14)11-27(2)12-21/h4-7,10,14H,8-9,11-12H2,1-3H3,(H,24,26). The van der Waals surface area contributed by atoms with E-state index in [0.29, 0.717) is 17.4 Å². The van der Waals surface area contributed by atoms with Crippen molar-refractivity contribution in [3.63, 3.8) is 0 Å². The predicted molar refractivity (Wildman–Crippen MR) is 112 cm³/mol. The molecule has 0 unspecified atom stereocenters. The highest BCUT2D eigenvalue weighted by Crippen LogP contribution is 2.48. The molecule has 0 amide bonds. The van der Waals surface area contributed by atoms with Crippen molar-refractivity contribution in [3.05, 3.63) is 36.4 Å². The summed E-state index contributed by atoms with van der Waals surface area (Å²) in [5.41, 5.74) is 5.23. The summed E-state index contributed by atoms with van der Waals surface area (Å²) < 4.78 is 3.90. The lowest BCUT2D eigenvalue weighted by atomic mass is 9.61. The minimum atomic E-state index is 0.480. The monoisotopic (exact) mass is 388 g/mol. The topological polar surface area (TPSA) is 76.2 Å². The van der Waals surface area contributed by atoms with Crippen molar-refractivity contribution < 1.29 is 0 Å². The molecule has 1 aliphatic carbocycles. The number of aryl methyl sites for hydroxylation is 2. The predicted octanol–water partition coefficient (Wildman–Crippen LogP) is 2.49. The van der Waals surface area contributed by atoms with Crippen LogP contribution in [0.3, 0.4) is 0 Å². The Morgan fingerprint density at radius 2 is 1.93 bits per heavy atom. The van der Waals surface area contributed by atoms with Crippen molar-refractivity contribution >= 4 is 22.6 Å². The number of hydrogen-bond donors (Lipinski definition) is 1. The highest BCUT2D eigenvalue weighted by atomic mass is 15.3. The molecule has 1 aliphatic heterocycles. The number of nitrogens with one attached hydrogen (secondary N) is 1. The SMILES string of the molecule is Cc1nc2ccc(-c3ccn4nc(NC5CC6(C5)CN(C)C6)ncc34)nc2n1C. The fourth-order valence-corrected chi connectivity index (χ4v) is 5.14. The van der Waals surface area contributed by atoms with Gasteiger partial charge in [-0.2, -0.15) is 0 Å². The molecule has 8 nitrogen and oxygen atoms in total. The van der Waals surface area contributed by atoms with Crippen LogP contribution in [0.4, 0.5) is 5.95 Å². The van der Waals surface area contributed by atoms with Crippen LogP contribution < -0.4 is 5.32 Å². The fraction of sp³-hybridized carbons (Fsp3) is 0.429. The summed E-state index contributed by atoms with van der Waals surface area (Å²) in [6.45, 7) is 4.43. The second-order valence-electron chi connectivity index (χ2n) is 8.82. The summed E-state index contributed by atoms with van der Waals surface area (Å²) in [4.78, 5) is 16.3. The highest BCUT2D eigenvalue weighted by molar-refractivity contribution is 5.82. The molecule has 0 bridgehead atoms. The van der Waals surface area contributed by atoms with Gasteiger partial charge in [-0.3, -0.25) is 0 Å². The van der Waals surface area contributed by atoms with E-state index in [-0.39, 0.29) is 0 Å². The molecule has 2 fully saturated rings. The summed E-state index contributed by atoms with van der Waals surface area (Å²) in [6, 6.07) is 6.57. The van der Waals surface area contributed by atoms with Gasteiger partial charge in [-0.15, -0.1) is 5.10 Å². The zero-order chi connectivity index (χ0) is 19.8. The van der Waals surface area contributed by atoms with Gasteiger partial charge >= 0.3 is 0 Å². The lowest BCUT2D eigenvalue weighted by Gasteiger charge is -2.58. The van der Waals surface area contributed by atoms with E-state index in [1.165, 1.54) is 25.9 Å². The normalized spacial score (nSPS) is 19.0. The number of fused-ring (bicyclic) bond motifs is 2. The minimum Gasteiger partial charge on any atom is -0.350 e. The zero-order valence-electron chi connectivity index (χ0n) is 16.9. The molecule has 1 saturated heterocycles. The van der Waals surface area contributed by atoms with Crippen molar-refractivity contribution in [2.75, 3.05) is 25.5 Å². The van der Waals surface area contributed by atoms with Crippen molar-refractivity contribution in [2.45, 2.75) is 25.8 Å². The molecule has 2 aliphatic rings. The van der Waals surface area contributed by atoms with Crippen molar-refractivity contribution in [2.24, 2.45) is 12.5 Å². The van der Waals surface area contributed by atoms with Gasteiger partial charge in [-0.1, -0.05) is 0 Å². The number of rotatable bonds is 3. The minimum absolute atomic E-state index is 0.480. The second-order valence-corrected chi connectivity index (χ2v) is 8.82. The van der Waals surface area contributed by atoms with Gasteiger partial charge < -0.3 is 14.8 Å². The van der Waals surface area contributed by atoms with Crippen LogP contribution in [-0.2, 0) is 7.05 Å². The van der Waals surface area contributed by atoms with Gasteiger partial charge in [0, 0.05) is 37.9 Å². The largest absolute Gasteiger partial charge is 0.350 e. The third-order valence-corrected chi connectivity index (χ3v) is 6.54. The molecule has 4 aromatic rings. The molecule has 0 radical (unpaired) electrons. The third kappa shape index (κ3) is 2.55. The van der Waals surface area contributed by atoms with Crippen molar-refractivity contribution in [1.82, 2.24) is 34.0 Å². The van der Waals surface area contributed by atoms with Gasteiger partial charge in [-0.25, -0.2) is 19.5 Å². The Kier molecular flexibility index (Phi) is 3.36. The van der Waals surface area contributed by atoms with Crippen LogP contribution in [0.25, 0.3) is 27.9 Å².